The van der Waals surface area contributed by atoms with E-state index in [0.717, 1.165) is 48.3 Å². The van der Waals surface area contributed by atoms with Gasteiger partial charge in [0, 0.05) is 18.5 Å². The number of aromatic nitrogens is 2. The quantitative estimate of drug-likeness (QED) is 0.250. The van der Waals surface area contributed by atoms with E-state index >= 15 is 0 Å². The van der Waals surface area contributed by atoms with Crippen molar-refractivity contribution in [3.05, 3.63) is 89.2 Å². The number of carbonyl (C=O) groups is 1. The van der Waals surface area contributed by atoms with E-state index in [9.17, 15) is 4.79 Å². The van der Waals surface area contributed by atoms with Gasteiger partial charge < -0.3 is 19.4 Å². The third-order valence-corrected chi connectivity index (χ3v) is 6.17. The molecular weight excluding hydrogens is 462 g/mol. The number of methoxy groups -OCH3 is 1. The molecule has 0 radical (unpaired) electrons. The average molecular weight is 492 g/mol. The molecule has 7 heteroatoms. The summed E-state index contributed by atoms with van der Waals surface area (Å²) in [4.78, 5) is 17.1. The summed E-state index contributed by atoms with van der Waals surface area (Å²) < 4.78 is 13.3. The second kappa shape index (κ2) is 12.3. The second-order valence-electron chi connectivity index (χ2n) is 8.24. The number of halogens is 1. The number of unbranched alkanes of at least 4 members (excludes halogenated alkanes) is 2. The number of hydrogen-bond donors (Lipinski definition) is 1. The molecule has 1 aromatic heterocycles. The van der Waals surface area contributed by atoms with Gasteiger partial charge in [-0.1, -0.05) is 42.3 Å². The van der Waals surface area contributed by atoms with Crippen LogP contribution in [0.3, 0.4) is 0 Å². The number of ether oxygens (including phenoxy) is 2. The van der Waals surface area contributed by atoms with Crippen molar-refractivity contribution < 1.29 is 14.3 Å². The van der Waals surface area contributed by atoms with Gasteiger partial charge in [-0.3, -0.25) is 4.79 Å². The first-order chi connectivity index (χ1) is 17.2. The van der Waals surface area contributed by atoms with Crippen molar-refractivity contribution in [1.29, 1.82) is 0 Å². The zero-order valence-electron chi connectivity index (χ0n) is 19.9. The summed E-state index contributed by atoms with van der Waals surface area (Å²) in [6, 6.07) is 22.8. The maximum absolute atomic E-state index is 12.3. The third-order valence-electron chi connectivity index (χ3n) is 5.86. The van der Waals surface area contributed by atoms with Crippen molar-refractivity contribution in [2.45, 2.75) is 32.2 Å². The Morgan fingerprint density at radius 1 is 0.971 bits per heavy atom. The fourth-order valence-corrected chi connectivity index (χ4v) is 4.20. The maximum Gasteiger partial charge on any atom is 0.251 e. The molecule has 0 bridgehead atoms. The molecule has 6 nitrogen and oxygen atoms in total. The van der Waals surface area contributed by atoms with Crippen LogP contribution in [0.5, 0.6) is 11.5 Å². The standard InChI is InChI=1S/C28H30ClN3O3/c1-34-22-16-14-21(15-17-22)28(33)30-18-8-2-3-13-27-31-24-10-5-6-11-25(24)32(27)19-20-35-26-12-7-4-9-23(26)29/h4-7,9-12,14-17H,2-3,8,13,18-20H2,1H3,(H,30,33). The molecule has 1 N–H and O–H groups in total. The van der Waals surface area contributed by atoms with Crippen LogP contribution in [0.15, 0.2) is 72.8 Å². The number of carbonyl (C=O) groups excluding carboxylic acids is 1. The molecule has 0 unspecified atom stereocenters. The Morgan fingerprint density at radius 3 is 2.54 bits per heavy atom. The topological polar surface area (TPSA) is 65.4 Å². The van der Waals surface area contributed by atoms with Crippen molar-refractivity contribution in [2.75, 3.05) is 20.3 Å². The van der Waals surface area contributed by atoms with E-state index in [-0.39, 0.29) is 5.91 Å². The van der Waals surface area contributed by atoms with Gasteiger partial charge in [-0.15, -0.1) is 0 Å². The van der Waals surface area contributed by atoms with Crippen LogP contribution in [-0.2, 0) is 13.0 Å². The summed E-state index contributed by atoms with van der Waals surface area (Å²) in [6.07, 6.45) is 3.78. The lowest BCUT2D eigenvalue weighted by Gasteiger charge is -2.12. The first-order valence-corrected chi connectivity index (χ1v) is 12.3. The number of imidazole rings is 1. The van der Waals surface area contributed by atoms with E-state index in [1.165, 1.54) is 0 Å². The minimum atomic E-state index is -0.0621. The van der Waals surface area contributed by atoms with Crippen LogP contribution < -0.4 is 14.8 Å². The molecule has 1 heterocycles. The number of rotatable bonds is 12. The highest BCUT2D eigenvalue weighted by atomic mass is 35.5. The Hall–Kier alpha value is -3.51. The SMILES string of the molecule is COc1ccc(C(=O)NCCCCCc2nc3ccccc3n2CCOc2ccccc2Cl)cc1. The Bertz CT molecular complexity index is 1250. The highest BCUT2D eigenvalue weighted by Gasteiger charge is 2.11. The van der Waals surface area contributed by atoms with E-state index in [1.807, 2.05) is 42.5 Å². The number of aryl methyl sites for hydroxylation is 1. The molecule has 35 heavy (non-hydrogen) atoms. The van der Waals surface area contributed by atoms with Gasteiger partial charge in [0.1, 0.15) is 23.9 Å². The van der Waals surface area contributed by atoms with E-state index in [4.69, 9.17) is 26.1 Å². The lowest BCUT2D eigenvalue weighted by molar-refractivity contribution is 0.0953. The molecule has 0 saturated heterocycles. The monoisotopic (exact) mass is 491 g/mol. The number of hydrogen-bond acceptors (Lipinski definition) is 4. The van der Waals surface area contributed by atoms with Gasteiger partial charge in [-0.25, -0.2) is 4.98 Å². The zero-order chi connectivity index (χ0) is 24.5. The van der Waals surface area contributed by atoms with E-state index in [2.05, 4.69) is 16.0 Å². The van der Waals surface area contributed by atoms with Crippen molar-refractivity contribution >= 4 is 28.5 Å². The van der Waals surface area contributed by atoms with Gasteiger partial charge in [0.25, 0.3) is 5.91 Å². The molecule has 3 aromatic carbocycles. The summed E-state index contributed by atoms with van der Waals surface area (Å²) in [5.41, 5.74) is 2.74. The highest BCUT2D eigenvalue weighted by molar-refractivity contribution is 6.32. The summed E-state index contributed by atoms with van der Waals surface area (Å²) in [5, 5.41) is 3.60. The summed E-state index contributed by atoms with van der Waals surface area (Å²) >= 11 is 6.21. The molecule has 0 fully saturated rings. The summed E-state index contributed by atoms with van der Waals surface area (Å²) in [7, 11) is 1.61. The number of fused-ring (bicyclic) bond motifs is 1. The minimum Gasteiger partial charge on any atom is -0.497 e. The molecular formula is C28H30ClN3O3. The lowest BCUT2D eigenvalue weighted by atomic mass is 10.1. The van der Waals surface area contributed by atoms with Crippen LogP contribution in [0.25, 0.3) is 11.0 Å². The fraction of sp³-hybridized carbons (Fsp3) is 0.286. The molecule has 1 amide bonds. The van der Waals surface area contributed by atoms with E-state index < -0.39 is 0 Å². The largest absolute Gasteiger partial charge is 0.497 e. The number of nitrogens with one attached hydrogen (secondary N) is 1. The average Bonchev–Trinajstić information content (AvgIpc) is 3.24. The number of amides is 1. The van der Waals surface area contributed by atoms with Crippen molar-refractivity contribution in [1.82, 2.24) is 14.9 Å². The minimum absolute atomic E-state index is 0.0621. The predicted molar refractivity (Wildman–Crippen MR) is 140 cm³/mol. The Kier molecular flexibility index (Phi) is 8.63. The highest BCUT2D eigenvalue weighted by Crippen LogP contribution is 2.24. The van der Waals surface area contributed by atoms with Crippen molar-refractivity contribution in [3.63, 3.8) is 0 Å². The fourth-order valence-electron chi connectivity index (χ4n) is 4.01. The predicted octanol–water partition coefficient (Wildman–Crippen LogP) is 5.92. The number of nitrogens with zero attached hydrogens (tertiary/aromatic N) is 2. The van der Waals surface area contributed by atoms with Gasteiger partial charge >= 0.3 is 0 Å². The van der Waals surface area contributed by atoms with Crippen LogP contribution in [0.2, 0.25) is 5.02 Å². The van der Waals surface area contributed by atoms with Crippen LogP contribution in [0.4, 0.5) is 0 Å². The maximum atomic E-state index is 12.3. The lowest BCUT2D eigenvalue weighted by Crippen LogP contribution is -2.24. The molecule has 0 atom stereocenters. The van der Waals surface area contributed by atoms with Crippen molar-refractivity contribution in [3.8, 4) is 11.5 Å². The summed E-state index contributed by atoms with van der Waals surface area (Å²) in [6.45, 7) is 1.85. The van der Waals surface area contributed by atoms with Crippen LogP contribution in [0, 0.1) is 0 Å². The second-order valence-corrected chi connectivity index (χ2v) is 8.65. The Morgan fingerprint density at radius 2 is 1.74 bits per heavy atom. The Labute approximate surface area is 210 Å². The first kappa shape index (κ1) is 24.6. The molecule has 0 saturated carbocycles. The normalized spacial score (nSPS) is 10.9. The van der Waals surface area contributed by atoms with Crippen molar-refractivity contribution in [2.24, 2.45) is 0 Å². The smallest absolute Gasteiger partial charge is 0.251 e. The molecule has 0 spiro atoms. The van der Waals surface area contributed by atoms with E-state index in [1.54, 1.807) is 31.4 Å². The third kappa shape index (κ3) is 6.55. The molecule has 182 valence electrons. The van der Waals surface area contributed by atoms with E-state index in [0.29, 0.717) is 36.0 Å². The van der Waals surface area contributed by atoms with Gasteiger partial charge in [0.2, 0.25) is 0 Å². The van der Waals surface area contributed by atoms with Crippen LogP contribution >= 0.6 is 11.6 Å². The van der Waals surface area contributed by atoms with Gasteiger partial charge in [0.15, 0.2) is 0 Å². The first-order valence-electron chi connectivity index (χ1n) is 11.9. The number of benzene rings is 3. The molecule has 4 rings (SSSR count). The number of para-hydroxylation sites is 3. The summed E-state index contributed by atoms with van der Waals surface area (Å²) in [5.74, 6) is 2.42. The zero-order valence-corrected chi connectivity index (χ0v) is 20.6. The van der Waals surface area contributed by atoms with Gasteiger partial charge in [-0.05, 0) is 61.4 Å². The van der Waals surface area contributed by atoms with Gasteiger partial charge in [0.05, 0.1) is 29.7 Å². The molecule has 0 aliphatic carbocycles. The van der Waals surface area contributed by atoms with Gasteiger partial charge in [-0.2, -0.15) is 0 Å². The Balaban J connectivity index is 1.26. The molecule has 0 aliphatic rings. The molecule has 0 aliphatic heterocycles. The molecule has 4 aromatic rings. The van der Waals surface area contributed by atoms with Crippen LogP contribution in [0.1, 0.15) is 35.4 Å². The van der Waals surface area contributed by atoms with Crippen LogP contribution in [-0.4, -0.2) is 35.7 Å².